The summed E-state index contributed by atoms with van der Waals surface area (Å²) >= 11 is 0. The molecule has 1 heterocycles. The van der Waals surface area contributed by atoms with E-state index in [0.29, 0.717) is 6.54 Å². The van der Waals surface area contributed by atoms with Crippen LogP contribution < -0.4 is 5.32 Å². The second-order valence-electron chi connectivity index (χ2n) is 4.34. The number of hydrogen-bond donors (Lipinski definition) is 2. The first kappa shape index (κ1) is 13.7. The molecule has 0 radical (unpaired) electrons. The normalized spacial score (nSPS) is 16.4. The summed E-state index contributed by atoms with van der Waals surface area (Å²) in [6.45, 7) is 4.25. The lowest BCUT2D eigenvalue weighted by atomic mass is 10.0. The van der Waals surface area contributed by atoms with E-state index < -0.39 is 11.5 Å². The molecule has 0 fully saturated rings. The van der Waals surface area contributed by atoms with E-state index in [1.165, 1.54) is 7.11 Å². The maximum Gasteiger partial charge on any atom is 0.326 e. The Morgan fingerprint density at radius 2 is 2.41 bits per heavy atom. The largest absolute Gasteiger partial charge is 0.480 e. The lowest BCUT2D eigenvalue weighted by Gasteiger charge is -2.29. The number of ether oxygens (including phenoxy) is 1. The molecule has 0 aromatic carbocycles. The van der Waals surface area contributed by atoms with Crippen molar-refractivity contribution in [3.05, 3.63) is 18.5 Å². The van der Waals surface area contributed by atoms with Crippen LogP contribution in [0.2, 0.25) is 0 Å². The summed E-state index contributed by atoms with van der Waals surface area (Å²) in [6.07, 6.45) is 3.53. The summed E-state index contributed by atoms with van der Waals surface area (Å²) in [5.74, 6) is -0.924. The average Bonchev–Trinajstić information content (AvgIpc) is 2.70. The highest BCUT2D eigenvalue weighted by Gasteiger charge is 2.34. The van der Waals surface area contributed by atoms with Crippen molar-refractivity contribution in [3.8, 4) is 0 Å². The second kappa shape index (κ2) is 5.79. The van der Waals surface area contributed by atoms with Crippen LogP contribution in [0.3, 0.4) is 0 Å². The third kappa shape index (κ3) is 3.83. The minimum absolute atomic E-state index is 0.0221. The molecule has 17 heavy (non-hydrogen) atoms. The molecule has 1 aromatic rings. The van der Waals surface area contributed by atoms with Gasteiger partial charge in [0.1, 0.15) is 5.54 Å². The van der Waals surface area contributed by atoms with E-state index in [1.807, 2.05) is 19.2 Å². The van der Waals surface area contributed by atoms with Crippen LogP contribution in [0, 0.1) is 0 Å². The molecule has 1 aromatic heterocycles. The fourth-order valence-electron chi connectivity index (χ4n) is 1.73. The molecule has 0 saturated heterocycles. The van der Waals surface area contributed by atoms with Crippen LogP contribution in [0.1, 0.15) is 13.8 Å². The summed E-state index contributed by atoms with van der Waals surface area (Å²) in [4.78, 5) is 11.2. The quantitative estimate of drug-likeness (QED) is 0.720. The van der Waals surface area contributed by atoms with Crippen LogP contribution in [0.15, 0.2) is 18.5 Å². The number of aromatic nitrogens is 2. The van der Waals surface area contributed by atoms with Crippen molar-refractivity contribution in [2.45, 2.75) is 32.0 Å². The maximum atomic E-state index is 11.2. The van der Waals surface area contributed by atoms with Gasteiger partial charge in [0.25, 0.3) is 0 Å². The molecule has 2 N–H and O–H groups in total. The minimum Gasteiger partial charge on any atom is -0.480 e. The lowest BCUT2D eigenvalue weighted by Crippen LogP contribution is -2.56. The van der Waals surface area contributed by atoms with Crippen molar-refractivity contribution in [2.75, 3.05) is 13.7 Å². The summed E-state index contributed by atoms with van der Waals surface area (Å²) in [6, 6.07) is 1.81. The fraction of sp³-hybridized carbons (Fsp3) is 0.636. The van der Waals surface area contributed by atoms with Crippen LogP contribution >= 0.6 is 0 Å². The van der Waals surface area contributed by atoms with Crippen LogP contribution in [0.5, 0.6) is 0 Å². The molecular formula is C11H19N3O3. The van der Waals surface area contributed by atoms with E-state index in [-0.39, 0.29) is 12.6 Å². The van der Waals surface area contributed by atoms with Crippen LogP contribution in [0.25, 0.3) is 0 Å². The number of rotatable bonds is 7. The Hall–Kier alpha value is -1.40. The molecule has 2 atom stereocenters. The Morgan fingerprint density at radius 3 is 2.88 bits per heavy atom. The standard InChI is InChI=1S/C11H19N3O3/c1-9(7-14-6-4-5-12-14)13-11(2,8-17-3)10(15)16/h4-6,9,13H,7-8H2,1-3H3,(H,15,16). The zero-order valence-electron chi connectivity index (χ0n) is 10.4. The zero-order chi connectivity index (χ0) is 12.9. The molecule has 0 aliphatic carbocycles. The topological polar surface area (TPSA) is 76.4 Å². The van der Waals surface area contributed by atoms with E-state index in [0.717, 1.165) is 0 Å². The fourth-order valence-corrected chi connectivity index (χ4v) is 1.73. The highest BCUT2D eigenvalue weighted by Crippen LogP contribution is 2.07. The van der Waals surface area contributed by atoms with Gasteiger partial charge in [0, 0.05) is 25.5 Å². The molecule has 1 rings (SSSR count). The van der Waals surface area contributed by atoms with Crippen molar-refractivity contribution in [1.29, 1.82) is 0 Å². The Kier molecular flexibility index (Phi) is 4.65. The summed E-state index contributed by atoms with van der Waals surface area (Å²) in [5, 5.41) is 16.3. The Morgan fingerprint density at radius 1 is 1.71 bits per heavy atom. The van der Waals surface area contributed by atoms with Crippen molar-refractivity contribution >= 4 is 5.97 Å². The number of nitrogens with zero attached hydrogens (tertiary/aromatic N) is 2. The molecule has 6 heteroatoms. The van der Waals surface area contributed by atoms with Gasteiger partial charge in [-0.05, 0) is 19.9 Å². The van der Waals surface area contributed by atoms with Crippen LogP contribution in [-0.4, -0.2) is 46.2 Å². The molecule has 96 valence electrons. The van der Waals surface area contributed by atoms with Crippen LogP contribution in [-0.2, 0) is 16.1 Å². The Labute approximate surface area is 101 Å². The smallest absolute Gasteiger partial charge is 0.326 e. The SMILES string of the molecule is COCC(C)(NC(C)Cn1cccn1)C(=O)O. The van der Waals surface area contributed by atoms with Crippen molar-refractivity contribution in [3.63, 3.8) is 0 Å². The van der Waals surface area contributed by atoms with Gasteiger partial charge in [0.05, 0.1) is 13.2 Å². The predicted octanol–water partition coefficient (Wildman–Crippen LogP) is 0.351. The number of hydrogen-bond acceptors (Lipinski definition) is 4. The number of aliphatic carboxylic acids is 1. The van der Waals surface area contributed by atoms with E-state index in [1.54, 1.807) is 17.8 Å². The minimum atomic E-state index is -1.08. The third-order valence-corrected chi connectivity index (χ3v) is 2.49. The number of carboxylic acids is 1. The van der Waals surface area contributed by atoms with Gasteiger partial charge < -0.3 is 9.84 Å². The van der Waals surface area contributed by atoms with E-state index in [9.17, 15) is 9.90 Å². The molecule has 0 aliphatic rings. The van der Waals surface area contributed by atoms with Gasteiger partial charge in [0.15, 0.2) is 0 Å². The average molecular weight is 241 g/mol. The molecule has 6 nitrogen and oxygen atoms in total. The molecule has 2 unspecified atom stereocenters. The molecule has 0 bridgehead atoms. The second-order valence-corrected chi connectivity index (χ2v) is 4.34. The van der Waals surface area contributed by atoms with Crippen molar-refractivity contribution in [2.24, 2.45) is 0 Å². The molecular weight excluding hydrogens is 222 g/mol. The summed E-state index contributed by atoms with van der Waals surface area (Å²) < 4.78 is 6.70. The highest BCUT2D eigenvalue weighted by molar-refractivity contribution is 5.78. The van der Waals surface area contributed by atoms with Gasteiger partial charge in [-0.3, -0.25) is 14.8 Å². The molecule has 0 aliphatic heterocycles. The summed E-state index contributed by atoms with van der Waals surface area (Å²) in [5.41, 5.74) is -1.08. The van der Waals surface area contributed by atoms with Gasteiger partial charge in [-0.1, -0.05) is 0 Å². The van der Waals surface area contributed by atoms with Crippen molar-refractivity contribution < 1.29 is 14.6 Å². The number of carbonyl (C=O) groups is 1. The number of carboxylic acid groups (broad SMARTS) is 1. The molecule has 0 saturated carbocycles. The molecule has 0 amide bonds. The first-order chi connectivity index (χ1) is 7.98. The molecule has 0 spiro atoms. The van der Waals surface area contributed by atoms with Crippen LogP contribution in [0.4, 0.5) is 0 Å². The predicted molar refractivity (Wildman–Crippen MR) is 62.7 cm³/mol. The first-order valence-corrected chi connectivity index (χ1v) is 5.45. The summed E-state index contributed by atoms with van der Waals surface area (Å²) in [7, 11) is 1.49. The number of nitrogens with one attached hydrogen (secondary N) is 1. The monoisotopic (exact) mass is 241 g/mol. The Bertz CT molecular complexity index is 353. The van der Waals surface area contributed by atoms with Crippen molar-refractivity contribution in [1.82, 2.24) is 15.1 Å². The van der Waals surface area contributed by atoms with E-state index in [4.69, 9.17) is 4.74 Å². The van der Waals surface area contributed by atoms with E-state index in [2.05, 4.69) is 10.4 Å². The zero-order valence-corrected chi connectivity index (χ0v) is 10.4. The highest BCUT2D eigenvalue weighted by atomic mass is 16.5. The lowest BCUT2D eigenvalue weighted by molar-refractivity contribution is -0.146. The van der Waals surface area contributed by atoms with Gasteiger partial charge in [0.2, 0.25) is 0 Å². The Balaban J connectivity index is 2.58. The van der Waals surface area contributed by atoms with E-state index >= 15 is 0 Å². The van der Waals surface area contributed by atoms with Gasteiger partial charge in [-0.25, -0.2) is 0 Å². The van der Waals surface area contributed by atoms with Gasteiger partial charge in [-0.2, -0.15) is 5.10 Å². The third-order valence-electron chi connectivity index (χ3n) is 2.49. The number of methoxy groups -OCH3 is 1. The van der Waals surface area contributed by atoms with Gasteiger partial charge >= 0.3 is 5.97 Å². The van der Waals surface area contributed by atoms with Gasteiger partial charge in [-0.15, -0.1) is 0 Å². The maximum absolute atomic E-state index is 11.2. The first-order valence-electron chi connectivity index (χ1n) is 5.45.